The maximum Gasteiger partial charge on any atom is 0.329 e. The highest BCUT2D eigenvalue weighted by molar-refractivity contribution is 7.89. The first kappa shape index (κ1) is 21.4. The molecule has 0 bridgehead atoms. The van der Waals surface area contributed by atoms with E-state index in [2.05, 4.69) is 4.72 Å². The van der Waals surface area contributed by atoms with Gasteiger partial charge in [-0.15, -0.1) is 0 Å². The molecule has 1 aromatic rings. The van der Waals surface area contributed by atoms with E-state index in [0.717, 1.165) is 17.0 Å². The summed E-state index contributed by atoms with van der Waals surface area (Å²) >= 11 is 0. The van der Waals surface area contributed by atoms with Gasteiger partial charge in [-0.3, -0.25) is 14.9 Å². The Morgan fingerprint density at radius 2 is 2.07 bits per heavy atom. The number of aliphatic carboxylic acids is 1. The molecule has 12 heteroatoms. The minimum absolute atomic E-state index is 0.0577. The van der Waals surface area contributed by atoms with Crippen LogP contribution in [0.25, 0.3) is 0 Å². The molecule has 0 aliphatic carbocycles. The van der Waals surface area contributed by atoms with Crippen LogP contribution in [0.4, 0.5) is 5.69 Å². The van der Waals surface area contributed by atoms with E-state index in [4.69, 9.17) is 0 Å². The second kappa shape index (κ2) is 7.28. The molecular formula is C16H19N3O8S. The van der Waals surface area contributed by atoms with E-state index in [9.17, 15) is 38.0 Å². The predicted octanol–water partition coefficient (Wildman–Crippen LogP) is 0.296. The van der Waals surface area contributed by atoms with E-state index in [-0.39, 0.29) is 13.0 Å². The SMILES string of the molecule is CC[C@@](C)(C(=O)O)N1CC(CC=O)(NS(=O)(=O)c2ccccc2[N+](=O)[O-])C1=O. The number of carbonyl (C=O) groups is 3. The first-order valence-electron chi connectivity index (χ1n) is 8.21. The van der Waals surface area contributed by atoms with Crippen molar-refractivity contribution in [2.45, 2.75) is 42.7 Å². The lowest BCUT2D eigenvalue weighted by atomic mass is 9.80. The number of carboxylic acid groups (broad SMARTS) is 1. The molecular weight excluding hydrogens is 394 g/mol. The Morgan fingerprint density at radius 3 is 2.54 bits per heavy atom. The third-order valence-corrected chi connectivity index (χ3v) is 6.52. The number of carboxylic acids is 1. The summed E-state index contributed by atoms with van der Waals surface area (Å²) in [6, 6.07) is 4.56. The molecule has 1 fully saturated rings. The van der Waals surface area contributed by atoms with Gasteiger partial charge in [-0.25, -0.2) is 13.2 Å². The predicted molar refractivity (Wildman–Crippen MR) is 94.9 cm³/mol. The molecule has 1 heterocycles. The van der Waals surface area contributed by atoms with Crippen molar-refractivity contribution >= 4 is 33.9 Å². The van der Waals surface area contributed by atoms with Crippen LogP contribution in [0, 0.1) is 10.1 Å². The number of hydrogen-bond donors (Lipinski definition) is 2. The van der Waals surface area contributed by atoms with Gasteiger partial charge in [0.05, 0.1) is 11.5 Å². The summed E-state index contributed by atoms with van der Waals surface area (Å²) in [4.78, 5) is 45.9. The van der Waals surface area contributed by atoms with Gasteiger partial charge >= 0.3 is 5.97 Å². The molecule has 2 N–H and O–H groups in total. The topological polar surface area (TPSA) is 164 Å². The van der Waals surface area contributed by atoms with Crippen LogP contribution >= 0.6 is 0 Å². The van der Waals surface area contributed by atoms with Crippen molar-refractivity contribution in [3.63, 3.8) is 0 Å². The molecule has 152 valence electrons. The van der Waals surface area contributed by atoms with Crippen LogP contribution in [-0.4, -0.2) is 59.1 Å². The Morgan fingerprint density at radius 1 is 1.46 bits per heavy atom. The third kappa shape index (κ3) is 3.36. The maximum atomic E-state index is 12.8. The van der Waals surface area contributed by atoms with Gasteiger partial charge in [-0.05, 0) is 19.4 Å². The van der Waals surface area contributed by atoms with Crippen molar-refractivity contribution in [1.29, 1.82) is 0 Å². The molecule has 28 heavy (non-hydrogen) atoms. The zero-order chi connectivity index (χ0) is 21.3. The fourth-order valence-electron chi connectivity index (χ4n) is 2.99. The fraction of sp³-hybridized carbons (Fsp3) is 0.438. The van der Waals surface area contributed by atoms with E-state index in [1.54, 1.807) is 6.92 Å². The Bertz CT molecular complexity index is 947. The summed E-state index contributed by atoms with van der Waals surface area (Å²) in [6.45, 7) is 2.51. The first-order valence-corrected chi connectivity index (χ1v) is 9.70. The number of rotatable bonds is 9. The molecule has 0 aromatic heterocycles. The number of nitro benzene ring substituents is 1. The number of likely N-dealkylation sites (tertiary alicyclic amines) is 1. The van der Waals surface area contributed by atoms with Gasteiger partial charge in [0.15, 0.2) is 4.90 Å². The van der Waals surface area contributed by atoms with Crippen LogP contribution in [0.3, 0.4) is 0 Å². The normalized spacial score (nSPS) is 21.5. The average Bonchev–Trinajstić information content (AvgIpc) is 2.64. The van der Waals surface area contributed by atoms with Gasteiger partial charge in [0.1, 0.15) is 17.4 Å². The quantitative estimate of drug-likeness (QED) is 0.252. The molecule has 1 aliphatic heterocycles. The molecule has 1 aliphatic rings. The number of benzene rings is 1. The van der Waals surface area contributed by atoms with Crippen molar-refractivity contribution in [2.75, 3.05) is 6.54 Å². The van der Waals surface area contributed by atoms with E-state index in [1.165, 1.54) is 19.1 Å². The number of amides is 1. The molecule has 0 radical (unpaired) electrons. The van der Waals surface area contributed by atoms with Crippen LogP contribution in [0.1, 0.15) is 26.7 Å². The largest absolute Gasteiger partial charge is 0.480 e. The number of hydrogen-bond acceptors (Lipinski definition) is 7. The smallest absolute Gasteiger partial charge is 0.329 e. The number of nitrogens with one attached hydrogen (secondary N) is 1. The van der Waals surface area contributed by atoms with Crippen molar-refractivity contribution < 1.29 is 32.8 Å². The molecule has 1 saturated heterocycles. The van der Waals surface area contributed by atoms with Crippen LogP contribution in [-0.2, 0) is 24.4 Å². The summed E-state index contributed by atoms with van der Waals surface area (Å²) in [6.07, 6.45) is -0.148. The van der Waals surface area contributed by atoms with Gasteiger partial charge < -0.3 is 14.8 Å². The molecule has 1 amide bonds. The minimum Gasteiger partial charge on any atom is -0.480 e. The Balaban J connectivity index is 2.42. The monoisotopic (exact) mass is 413 g/mol. The Kier molecular flexibility index (Phi) is 5.57. The van der Waals surface area contributed by atoms with Gasteiger partial charge in [0.25, 0.3) is 5.69 Å². The van der Waals surface area contributed by atoms with Crippen molar-refractivity contribution in [2.24, 2.45) is 0 Å². The fourth-order valence-corrected chi connectivity index (χ4v) is 4.53. The summed E-state index contributed by atoms with van der Waals surface area (Å²) in [5, 5.41) is 20.5. The summed E-state index contributed by atoms with van der Waals surface area (Å²) in [5.41, 5.74) is -4.16. The van der Waals surface area contributed by atoms with E-state index in [0.29, 0.717) is 6.29 Å². The first-order chi connectivity index (χ1) is 12.9. The maximum absolute atomic E-state index is 12.8. The Labute approximate surface area is 160 Å². The molecule has 2 atom stereocenters. The van der Waals surface area contributed by atoms with Crippen LogP contribution in [0.2, 0.25) is 0 Å². The summed E-state index contributed by atoms with van der Waals surface area (Å²) in [5.74, 6) is -2.15. The minimum atomic E-state index is -4.55. The second-order valence-electron chi connectivity index (χ2n) is 6.61. The number of carbonyl (C=O) groups excluding carboxylic acids is 2. The van der Waals surface area contributed by atoms with Crippen LogP contribution in [0.15, 0.2) is 29.2 Å². The molecule has 1 aromatic carbocycles. The highest BCUT2D eigenvalue weighted by atomic mass is 32.2. The van der Waals surface area contributed by atoms with Crippen LogP contribution < -0.4 is 4.72 Å². The van der Waals surface area contributed by atoms with Gasteiger partial charge in [-0.1, -0.05) is 19.1 Å². The number of nitro groups is 1. The van der Waals surface area contributed by atoms with Crippen LogP contribution in [0.5, 0.6) is 0 Å². The van der Waals surface area contributed by atoms with Crippen molar-refractivity contribution in [3.8, 4) is 0 Å². The highest BCUT2D eigenvalue weighted by Crippen LogP contribution is 2.36. The average molecular weight is 413 g/mol. The number of para-hydroxylation sites is 1. The number of aldehydes is 1. The lowest BCUT2D eigenvalue weighted by molar-refractivity contribution is -0.387. The number of nitrogens with zero attached hydrogens (tertiary/aromatic N) is 2. The molecule has 11 nitrogen and oxygen atoms in total. The highest BCUT2D eigenvalue weighted by Gasteiger charge is 2.60. The second-order valence-corrected chi connectivity index (χ2v) is 8.26. The van der Waals surface area contributed by atoms with Crippen molar-refractivity contribution in [3.05, 3.63) is 34.4 Å². The number of sulfonamides is 1. The van der Waals surface area contributed by atoms with Crippen molar-refractivity contribution in [1.82, 2.24) is 9.62 Å². The molecule has 0 spiro atoms. The number of β-lactam (4-membered cyclic amide) rings is 1. The zero-order valence-electron chi connectivity index (χ0n) is 15.1. The molecule has 2 rings (SSSR count). The van der Waals surface area contributed by atoms with E-state index >= 15 is 0 Å². The zero-order valence-corrected chi connectivity index (χ0v) is 15.9. The summed E-state index contributed by atoms with van der Waals surface area (Å²) < 4.78 is 27.5. The van der Waals surface area contributed by atoms with Gasteiger partial charge in [0, 0.05) is 12.5 Å². The Hall–Kier alpha value is -2.86. The standard InChI is InChI=1S/C16H19N3O8S/c1-3-15(2,14(22)23)18-10-16(8-9-20,13(18)21)17-28(26,27)12-7-5-4-6-11(12)19(24)25/h4-7,9,17H,3,8,10H2,1-2H3,(H,22,23)/t15-,16?/m0/s1. The van der Waals surface area contributed by atoms with Gasteiger partial charge in [0.2, 0.25) is 15.9 Å². The van der Waals surface area contributed by atoms with E-state index < -0.39 is 54.9 Å². The summed E-state index contributed by atoms with van der Waals surface area (Å²) in [7, 11) is -4.55. The molecule has 0 saturated carbocycles. The molecule has 1 unspecified atom stereocenters. The lowest BCUT2D eigenvalue weighted by Crippen LogP contribution is -2.79. The van der Waals surface area contributed by atoms with Gasteiger partial charge in [-0.2, -0.15) is 4.72 Å². The third-order valence-electron chi connectivity index (χ3n) is 4.94. The van der Waals surface area contributed by atoms with E-state index in [1.807, 2.05) is 0 Å². The lowest BCUT2D eigenvalue weighted by Gasteiger charge is -2.53.